The van der Waals surface area contributed by atoms with E-state index < -0.39 is 28.0 Å². The second kappa shape index (κ2) is 9.32. The van der Waals surface area contributed by atoms with Gasteiger partial charge in [-0.3, -0.25) is 4.79 Å². The number of esters is 1. The summed E-state index contributed by atoms with van der Waals surface area (Å²) in [6.45, 7) is 4.84. The second-order valence-electron chi connectivity index (χ2n) is 6.53. The standard InChI is InChI=1S/C20H21N3O5S/c1-13(2)23-29(26,27)18-9-7-17(8-10-18)22-19(24)14(3)28-20(25)16-6-4-5-15(11-16)12-21/h4-11,13-14,23H,1-3H3,(H,22,24)/t14-/m1/s1. The van der Waals surface area contributed by atoms with Crippen molar-refractivity contribution in [2.75, 3.05) is 5.32 Å². The summed E-state index contributed by atoms with van der Waals surface area (Å²) >= 11 is 0. The number of amides is 1. The van der Waals surface area contributed by atoms with Crippen LogP contribution in [0, 0.1) is 11.3 Å². The van der Waals surface area contributed by atoms with Gasteiger partial charge in [-0.15, -0.1) is 0 Å². The second-order valence-corrected chi connectivity index (χ2v) is 8.24. The number of carbonyl (C=O) groups excluding carboxylic acids is 2. The average Bonchev–Trinajstić information content (AvgIpc) is 2.67. The Morgan fingerprint density at radius 1 is 1.07 bits per heavy atom. The molecule has 2 aromatic carbocycles. The van der Waals surface area contributed by atoms with E-state index in [2.05, 4.69) is 10.0 Å². The molecular formula is C20H21N3O5S. The maximum atomic E-state index is 12.3. The zero-order valence-corrected chi connectivity index (χ0v) is 17.0. The van der Waals surface area contributed by atoms with E-state index in [1.54, 1.807) is 26.0 Å². The minimum atomic E-state index is -3.63. The number of ether oxygens (including phenoxy) is 1. The Morgan fingerprint density at radius 3 is 2.31 bits per heavy atom. The highest BCUT2D eigenvalue weighted by Crippen LogP contribution is 2.15. The Balaban J connectivity index is 2.00. The summed E-state index contributed by atoms with van der Waals surface area (Å²) in [4.78, 5) is 24.5. The molecule has 0 aliphatic rings. The van der Waals surface area contributed by atoms with Crippen molar-refractivity contribution in [1.82, 2.24) is 4.72 Å². The molecule has 2 rings (SSSR count). The molecule has 0 spiro atoms. The highest BCUT2D eigenvalue weighted by Gasteiger charge is 2.20. The van der Waals surface area contributed by atoms with Gasteiger partial charge >= 0.3 is 5.97 Å². The number of hydrogen-bond acceptors (Lipinski definition) is 6. The number of carbonyl (C=O) groups is 2. The summed E-state index contributed by atoms with van der Waals surface area (Å²) < 4.78 is 31.8. The fourth-order valence-corrected chi connectivity index (χ4v) is 3.59. The third kappa shape index (κ3) is 6.14. The monoisotopic (exact) mass is 415 g/mol. The smallest absolute Gasteiger partial charge is 0.338 e. The highest BCUT2D eigenvalue weighted by molar-refractivity contribution is 7.89. The van der Waals surface area contributed by atoms with E-state index in [4.69, 9.17) is 10.00 Å². The molecule has 1 atom stereocenters. The molecule has 0 unspecified atom stereocenters. The van der Waals surface area contributed by atoms with Crippen LogP contribution in [0.1, 0.15) is 36.7 Å². The Morgan fingerprint density at radius 2 is 1.72 bits per heavy atom. The van der Waals surface area contributed by atoms with Crippen LogP contribution in [0.25, 0.3) is 0 Å². The molecule has 0 fully saturated rings. The lowest BCUT2D eigenvalue weighted by molar-refractivity contribution is -0.123. The van der Waals surface area contributed by atoms with Crippen LogP contribution in [-0.2, 0) is 19.6 Å². The van der Waals surface area contributed by atoms with Crippen molar-refractivity contribution in [1.29, 1.82) is 5.26 Å². The van der Waals surface area contributed by atoms with Crippen LogP contribution < -0.4 is 10.0 Å². The minimum Gasteiger partial charge on any atom is -0.449 e. The van der Waals surface area contributed by atoms with E-state index in [0.29, 0.717) is 11.3 Å². The first-order valence-electron chi connectivity index (χ1n) is 8.77. The quantitative estimate of drug-likeness (QED) is 0.669. The fraction of sp³-hybridized carbons (Fsp3) is 0.250. The zero-order chi connectivity index (χ0) is 21.6. The SMILES string of the molecule is CC(C)NS(=O)(=O)c1ccc(NC(=O)[C@@H](C)OC(=O)c2cccc(C#N)c2)cc1. The maximum absolute atomic E-state index is 12.3. The Bertz CT molecular complexity index is 1040. The molecule has 29 heavy (non-hydrogen) atoms. The molecule has 0 aliphatic carbocycles. The first kappa shape index (κ1) is 22.1. The van der Waals surface area contributed by atoms with E-state index in [9.17, 15) is 18.0 Å². The van der Waals surface area contributed by atoms with Gasteiger partial charge in [0.1, 0.15) is 0 Å². The van der Waals surface area contributed by atoms with E-state index in [1.807, 2.05) is 6.07 Å². The summed E-state index contributed by atoms with van der Waals surface area (Å²) in [6.07, 6.45) is -1.10. The zero-order valence-electron chi connectivity index (χ0n) is 16.2. The highest BCUT2D eigenvalue weighted by atomic mass is 32.2. The number of rotatable bonds is 7. The van der Waals surface area contributed by atoms with Crippen molar-refractivity contribution in [3.63, 3.8) is 0 Å². The van der Waals surface area contributed by atoms with Crippen LogP contribution in [0.3, 0.4) is 0 Å². The van der Waals surface area contributed by atoms with Gasteiger partial charge in [-0.05, 0) is 63.2 Å². The van der Waals surface area contributed by atoms with Crippen LogP contribution in [0.5, 0.6) is 0 Å². The lowest BCUT2D eigenvalue weighted by Crippen LogP contribution is -2.30. The molecule has 2 aromatic rings. The Kier molecular flexibility index (Phi) is 7.09. The number of hydrogen-bond donors (Lipinski definition) is 2. The molecular weight excluding hydrogens is 394 g/mol. The lowest BCUT2D eigenvalue weighted by Gasteiger charge is -2.14. The van der Waals surface area contributed by atoms with Crippen LogP contribution in [0.2, 0.25) is 0 Å². The molecule has 0 saturated carbocycles. The van der Waals surface area contributed by atoms with Crippen molar-refractivity contribution in [3.05, 3.63) is 59.7 Å². The molecule has 8 nitrogen and oxygen atoms in total. The summed E-state index contributed by atoms with van der Waals surface area (Å²) in [5.41, 5.74) is 0.822. The Labute approximate surface area is 169 Å². The van der Waals surface area contributed by atoms with Gasteiger partial charge in [0.05, 0.1) is 22.1 Å². The fourth-order valence-electron chi connectivity index (χ4n) is 2.34. The van der Waals surface area contributed by atoms with E-state index >= 15 is 0 Å². The molecule has 0 aliphatic heterocycles. The molecule has 1 amide bonds. The molecule has 9 heteroatoms. The van der Waals surface area contributed by atoms with Gasteiger partial charge < -0.3 is 10.1 Å². The lowest BCUT2D eigenvalue weighted by atomic mass is 10.1. The molecule has 2 N–H and O–H groups in total. The van der Waals surface area contributed by atoms with Gasteiger partial charge in [-0.1, -0.05) is 6.07 Å². The molecule has 0 heterocycles. The van der Waals surface area contributed by atoms with Crippen molar-refractivity contribution >= 4 is 27.6 Å². The number of nitrogens with zero attached hydrogens (tertiary/aromatic N) is 1. The predicted octanol–water partition coefficient (Wildman–Crippen LogP) is 2.43. The molecule has 0 saturated heterocycles. The molecule has 0 bridgehead atoms. The van der Waals surface area contributed by atoms with Crippen LogP contribution in [0.4, 0.5) is 5.69 Å². The topological polar surface area (TPSA) is 125 Å². The number of nitrogens with one attached hydrogen (secondary N) is 2. The van der Waals surface area contributed by atoms with Crippen molar-refractivity contribution < 1.29 is 22.7 Å². The van der Waals surface area contributed by atoms with Crippen LogP contribution >= 0.6 is 0 Å². The number of nitriles is 1. The summed E-state index contributed by atoms with van der Waals surface area (Å²) in [5.74, 6) is -1.31. The average molecular weight is 415 g/mol. The van der Waals surface area contributed by atoms with Crippen molar-refractivity contribution in [2.45, 2.75) is 37.8 Å². The largest absolute Gasteiger partial charge is 0.449 e. The van der Waals surface area contributed by atoms with Crippen LogP contribution in [0.15, 0.2) is 53.4 Å². The molecule has 0 aromatic heterocycles. The Hall–Kier alpha value is -3.22. The normalized spacial score (nSPS) is 12.1. The first-order chi connectivity index (χ1) is 13.6. The third-order valence-corrected chi connectivity index (χ3v) is 5.38. The number of sulfonamides is 1. The minimum absolute atomic E-state index is 0.0704. The van der Waals surface area contributed by atoms with Gasteiger partial charge in [-0.2, -0.15) is 5.26 Å². The summed E-state index contributed by atoms with van der Waals surface area (Å²) in [7, 11) is -3.63. The van der Waals surface area contributed by atoms with Crippen molar-refractivity contribution in [3.8, 4) is 6.07 Å². The van der Waals surface area contributed by atoms with Gasteiger partial charge in [0, 0.05) is 11.7 Å². The van der Waals surface area contributed by atoms with Gasteiger partial charge in [0.15, 0.2) is 6.10 Å². The van der Waals surface area contributed by atoms with E-state index in [0.717, 1.165) is 0 Å². The van der Waals surface area contributed by atoms with E-state index in [-0.39, 0.29) is 16.5 Å². The first-order valence-corrected chi connectivity index (χ1v) is 10.2. The van der Waals surface area contributed by atoms with Crippen LogP contribution in [-0.4, -0.2) is 32.4 Å². The summed E-state index contributed by atoms with van der Waals surface area (Å²) in [5, 5.41) is 11.4. The maximum Gasteiger partial charge on any atom is 0.338 e. The third-order valence-electron chi connectivity index (χ3n) is 3.70. The van der Waals surface area contributed by atoms with Gasteiger partial charge in [0.2, 0.25) is 10.0 Å². The van der Waals surface area contributed by atoms with Gasteiger partial charge in [-0.25, -0.2) is 17.9 Å². The molecule has 0 radical (unpaired) electrons. The van der Waals surface area contributed by atoms with Crippen molar-refractivity contribution in [2.24, 2.45) is 0 Å². The molecule has 152 valence electrons. The predicted molar refractivity (Wildman–Crippen MR) is 107 cm³/mol. The summed E-state index contributed by atoms with van der Waals surface area (Å²) in [6, 6.07) is 13.2. The van der Waals surface area contributed by atoms with Gasteiger partial charge in [0.25, 0.3) is 5.91 Å². The van der Waals surface area contributed by atoms with E-state index in [1.165, 1.54) is 43.3 Å². The number of benzene rings is 2. The number of anilines is 1.